The summed E-state index contributed by atoms with van der Waals surface area (Å²) in [5.41, 5.74) is 2.13. The number of carbonyl (C=O) groups excluding carboxylic acids is 4. The number of hydrogen-bond acceptors (Lipinski definition) is 6. The molecule has 2 aromatic rings. The Kier molecular flexibility index (Phi) is 6.05. The molecular weight excluding hydrogens is 412 g/mol. The molecule has 2 aliphatic rings. The van der Waals surface area contributed by atoms with Crippen molar-refractivity contribution >= 4 is 29.4 Å². The molecule has 0 radical (unpaired) electrons. The SMILES string of the molecule is CCOC(=O)c1cccc(NC(=O)c2ccc3c(c2)C(=O)N(CC2CCCO2)C3=O)c1C. The largest absolute Gasteiger partial charge is 0.462 e. The maximum absolute atomic E-state index is 12.9. The molecule has 0 aliphatic carbocycles. The second-order valence-corrected chi connectivity index (χ2v) is 7.77. The predicted octanol–water partition coefficient (Wildman–Crippen LogP) is 3.20. The molecule has 1 fully saturated rings. The molecule has 2 aliphatic heterocycles. The summed E-state index contributed by atoms with van der Waals surface area (Å²) in [6, 6.07) is 9.42. The van der Waals surface area contributed by atoms with Gasteiger partial charge in [0.15, 0.2) is 0 Å². The van der Waals surface area contributed by atoms with Gasteiger partial charge < -0.3 is 14.8 Å². The molecule has 1 atom stereocenters. The minimum absolute atomic E-state index is 0.144. The van der Waals surface area contributed by atoms with E-state index in [0.717, 1.165) is 12.8 Å². The van der Waals surface area contributed by atoms with E-state index >= 15 is 0 Å². The summed E-state index contributed by atoms with van der Waals surface area (Å²) >= 11 is 0. The Balaban J connectivity index is 1.53. The molecule has 0 spiro atoms. The Morgan fingerprint density at radius 3 is 2.66 bits per heavy atom. The Morgan fingerprint density at radius 2 is 1.94 bits per heavy atom. The van der Waals surface area contributed by atoms with Gasteiger partial charge in [0.05, 0.1) is 35.9 Å². The van der Waals surface area contributed by atoms with Crippen molar-refractivity contribution < 1.29 is 28.7 Å². The molecule has 0 bridgehead atoms. The van der Waals surface area contributed by atoms with E-state index in [1.54, 1.807) is 32.0 Å². The van der Waals surface area contributed by atoms with Crippen LogP contribution in [0.4, 0.5) is 5.69 Å². The predicted molar refractivity (Wildman–Crippen MR) is 116 cm³/mol. The molecule has 8 nitrogen and oxygen atoms in total. The lowest BCUT2D eigenvalue weighted by Gasteiger charge is -2.17. The number of nitrogens with zero attached hydrogens (tertiary/aromatic N) is 1. The van der Waals surface area contributed by atoms with Gasteiger partial charge in [-0.25, -0.2) is 4.79 Å². The molecule has 0 saturated carbocycles. The van der Waals surface area contributed by atoms with Crippen LogP contribution in [0.3, 0.4) is 0 Å². The summed E-state index contributed by atoms with van der Waals surface area (Å²) in [6.07, 6.45) is 1.58. The average molecular weight is 436 g/mol. The van der Waals surface area contributed by atoms with E-state index in [9.17, 15) is 19.2 Å². The summed E-state index contributed by atoms with van der Waals surface area (Å²) in [5.74, 6) is -1.70. The van der Waals surface area contributed by atoms with Crippen LogP contribution in [0.2, 0.25) is 0 Å². The fourth-order valence-electron chi connectivity index (χ4n) is 3.99. The molecule has 1 unspecified atom stereocenters. The Hall–Kier alpha value is -3.52. The van der Waals surface area contributed by atoms with E-state index in [1.807, 2.05) is 0 Å². The highest BCUT2D eigenvalue weighted by Crippen LogP contribution is 2.27. The van der Waals surface area contributed by atoms with Crippen molar-refractivity contribution in [1.29, 1.82) is 0 Å². The van der Waals surface area contributed by atoms with E-state index in [2.05, 4.69) is 5.32 Å². The molecular formula is C24H24N2O6. The van der Waals surface area contributed by atoms with E-state index in [0.29, 0.717) is 23.4 Å². The van der Waals surface area contributed by atoms with Gasteiger partial charge in [0, 0.05) is 17.9 Å². The molecule has 2 aromatic carbocycles. The number of nitrogens with one attached hydrogen (secondary N) is 1. The third-order valence-corrected chi connectivity index (χ3v) is 5.72. The number of imide groups is 1. The van der Waals surface area contributed by atoms with Crippen LogP contribution in [-0.4, -0.2) is 54.5 Å². The Labute approximate surface area is 185 Å². The Bertz CT molecular complexity index is 1100. The van der Waals surface area contributed by atoms with Crippen LogP contribution in [-0.2, 0) is 9.47 Å². The number of carbonyl (C=O) groups is 4. The van der Waals surface area contributed by atoms with Crippen LogP contribution >= 0.6 is 0 Å². The van der Waals surface area contributed by atoms with Crippen LogP contribution in [0.1, 0.15) is 66.8 Å². The smallest absolute Gasteiger partial charge is 0.338 e. The van der Waals surface area contributed by atoms with Crippen LogP contribution in [0.25, 0.3) is 0 Å². The number of fused-ring (bicyclic) bond motifs is 1. The average Bonchev–Trinajstić information content (AvgIpc) is 3.38. The van der Waals surface area contributed by atoms with Gasteiger partial charge in [0.1, 0.15) is 0 Å². The molecule has 2 heterocycles. The van der Waals surface area contributed by atoms with Crippen LogP contribution < -0.4 is 5.32 Å². The molecule has 3 amide bonds. The first-order valence-corrected chi connectivity index (χ1v) is 10.6. The quantitative estimate of drug-likeness (QED) is 0.551. The minimum Gasteiger partial charge on any atom is -0.462 e. The van der Waals surface area contributed by atoms with Crippen molar-refractivity contribution in [2.75, 3.05) is 25.1 Å². The number of amides is 3. The molecule has 32 heavy (non-hydrogen) atoms. The molecule has 0 aromatic heterocycles. The monoisotopic (exact) mass is 436 g/mol. The number of esters is 1. The van der Waals surface area contributed by atoms with Crippen molar-refractivity contribution in [3.05, 3.63) is 64.2 Å². The zero-order valence-corrected chi connectivity index (χ0v) is 18.0. The fraction of sp³-hybridized carbons (Fsp3) is 0.333. The lowest BCUT2D eigenvalue weighted by Crippen LogP contribution is -2.36. The first-order valence-electron chi connectivity index (χ1n) is 10.6. The number of ether oxygens (including phenoxy) is 2. The molecule has 166 valence electrons. The number of rotatable bonds is 6. The van der Waals surface area contributed by atoms with Crippen LogP contribution in [0.5, 0.6) is 0 Å². The van der Waals surface area contributed by atoms with Gasteiger partial charge in [0.25, 0.3) is 17.7 Å². The van der Waals surface area contributed by atoms with Crippen molar-refractivity contribution in [3.8, 4) is 0 Å². The van der Waals surface area contributed by atoms with Crippen molar-refractivity contribution in [2.45, 2.75) is 32.8 Å². The van der Waals surface area contributed by atoms with Crippen molar-refractivity contribution in [3.63, 3.8) is 0 Å². The maximum Gasteiger partial charge on any atom is 0.338 e. The first kappa shape index (κ1) is 21.7. The van der Waals surface area contributed by atoms with Crippen LogP contribution in [0, 0.1) is 6.92 Å². The lowest BCUT2D eigenvalue weighted by molar-refractivity contribution is 0.0474. The summed E-state index contributed by atoms with van der Waals surface area (Å²) < 4.78 is 10.6. The highest BCUT2D eigenvalue weighted by atomic mass is 16.5. The normalized spacial score (nSPS) is 17.4. The summed E-state index contributed by atoms with van der Waals surface area (Å²) in [5, 5.41) is 2.77. The number of benzene rings is 2. The standard InChI is InChI=1S/C24H24N2O6/c1-3-31-24(30)17-7-4-8-20(14(17)2)25-21(27)15-9-10-18-19(12-15)23(29)26(22(18)28)13-16-6-5-11-32-16/h4,7-10,12,16H,3,5-6,11,13H2,1-2H3,(H,25,27). The summed E-state index contributed by atoms with van der Waals surface area (Å²) in [6.45, 7) is 4.54. The second kappa shape index (κ2) is 8.92. The van der Waals surface area contributed by atoms with Gasteiger partial charge in [-0.15, -0.1) is 0 Å². The zero-order valence-electron chi connectivity index (χ0n) is 18.0. The van der Waals surface area contributed by atoms with Crippen molar-refractivity contribution in [2.24, 2.45) is 0 Å². The van der Waals surface area contributed by atoms with E-state index < -0.39 is 17.8 Å². The zero-order chi connectivity index (χ0) is 22.8. The lowest BCUT2D eigenvalue weighted by atomic mass is 10.0. The van der Waals surface area contributed by atoms with Crippen molar-refractivity contribution in [1.82, 2.24) is 4.90 Å². The van der Waals surface area contributed by atoms with Gasteiger partial charge in [-0.1, -0.05) is 6.07 Å². The minimum atomic E-state index is -0.464. The van der Waals surface area contributed by atoms with Crippen LogP contribution in [0.15, 0.2) is 36.4 Å². The first-order chi connectivity index (χ1) is 15.4. The van der Waals surface area contributed by atoms with Gasteiger partial charge in [-0.2, -0.15) is 0 Å². The van der Waals surface area contributed by atoms with E-state index in [-0.39, 0.29) is 41.9 Å². The van der Waals surface area contributed by atoms with Gasteiger partial charge in [0.2, 0.25) is 0 Å². The highest BCUT2D eigenvalue weighted by molar-refractivity contribution is 6.22. The fourth-order valence-corrected chi connectivity index (χ4v) is 3.99. The second-order valence-electron chi connectivity index (χ2n) is 7.77. The van der Waals surface area contributed by atoms with E-state index in [4.69, 9.17) is 9.47 Å². The topological polar surface area (TPSA) is 102 Å². The van der Waals surface area contributed by atoms with Gasteiger partial charge in [-0.05, 0) is 62.6 Å². The van der Waals surface area contributed by atoms with E-state index in [1.165, 1.54) is 23.1 Å². The summed E-state index contributed by atoms with van der Waals surface area (Å²) in [7, 11) is 0. The molecule has 1 saturated heterocycles. The summed E-state index contributed by atoms with van der Waals surface area (Å²) in [4.78, 5) is 51.7. The number of hydrogen-bond donors (Lipinski definition) is 1. The molecule has 1 N–H and O–H groups in total. The highest BCUT2D eigenvalue weighted by Gasteiger charge is 2.38. The molecule has 4 rings (SSSR count). The number of anilines is 1. The Morgan fingerprint density at radius 1 is 1.16 bits per heavy atom. The molecule has 8 heteroatoms. The van der Waals surface area contributed by atoms with Gasteiger partial charge in [-0.3, -0.25) is 19.3 Å². The third kappa shape index (κ3) is 4.01. The third-order valence-electron chi connectivity index (χ3n) is 5.72. The maximum atomic E-state index is 12.9. The van der Waals surface area contributed by atoms with Gasteiger partial charge >= 0.3 is 5.97 Å².